The van der Waals surface area contributed by atoms with Gasteiger partial charge in [0, 0.05) is 101 Å². The highest BCUT2D eigenvalue weighted by molar-refractivity contribution is 5.98. The molecule has 4 saturated heterocycles. The first-order valence-corrected chi connectivity index (χ1v) is 24.9. The molecule has 5 fully saturated rings. The van der Waals surface area contributed by atoms with Crippen LogP contribution >= 0.6 is 0 Å². The molecule has 4 aliphatic heterocycles. The number of benzene rings is 3. The number of carbonyl (C=O) groups excluding carboxylic acids is 5. The molecule has 4 aromatic rings. The summed E-state index contributed by atoms with van der Waals surface area (Å²) in [4.78, 5) is 90.8. The zero-order valence-corrected chi connectivity index (χ0v) is 39.7. The number of nitrogens with one attached hydrogen (secondary N) is 3. The lowest BCUT2D eigenvalue weighted by atomic mass is 9.89. The monoisotopic (exact) mass is 945 g/mol. The third-order valence-corrected chi connectivity index (χ3v) is 14.8. The minimum absolute atomic E-state index is 0.0248. The lowest BCUT2D eigenvalue weighted by molar-refractivity contribution is -0.135. The van der Waals surface area contributed by atoms with E-state index in [1.54, 1.807) is 47.1 Å². The van der Waals surface area contributed by atoms with Crippen molar-refractivity contribution in [2.75, 3.05) is 98.2 Å². The largest absolute Gasteiger partial charge is 0.341 e. The number of hydrogen-bond donors (Lipinski definition) is 3. The van der Waals surface area contributed by atoms with Gasteiger partial charge in [0.25, 0.3) is 17.4 Å². The second kappa shape index (κ2) is 21.7. The predicted molar refractivity (Wildman–Crippen MR) is 259 cm³/mol. The van der Waals surface area contributed by atoms with E-state index >= 15 is 4.39 Å². The SMILES string of the molecule is C[C@@H](NC(=O)c1cccc(C2CCCN(C(=O)CNC3CC3)C2)c1)C(=O)N1CCN(CC2CCN(CC(=O)N3CCN(C(=O)c4cc(Cc5n[nH]c(=O)c6ccccc56)ccc4F)CC3)CC2)CC1. The zero-order chi connectivity index (χ0) is 48.0. The van der Waals surface area contributed by atoms with E-state index in [-0.39, 0.29) is 40.7 Å². The molecular formula is C52H65FN10O6. The summed E-state index contributed by atoms with van der Waals surface area (Å²) in [5, 5.41) is 14.2. The van der Waals surface area contributed by atoms with E-state index < -0.39 is 17.8 Å². The van der Waals surface area contributed by atoms with Crippen molar-refractivity contribution in [1.29, 1.82) is 0 Å². The van der Waals surface area contributed by atoms with Gasteiger partial charge in [-0.05, 0) is 106 Å². The molecule has 1 unspecified atom stereocenters. The minimum Gasteiger partial charge on any atom is -0.341 e. The molecule has 3 aromatic carbocycles. The Bertz CT molecular complexity index is 2580. The van der Waals surface area contributed by atoms with Crippen LogP contribution < -0.4 is 16.2 Å². The Morgan fingerprint density at radius 2 is 1.46 bits per heavy atom. The van der Waals surface area contributed by atoms with Crippen molar-refractivity contribution in [3.63, 3.8) is 0 Å². The second-order valence-corrected chi connectivity index (χ2v) is 19.7. The van der Waals surface area contributed by atoms with Crippen molar-refractivity contribution < 1.29 is 28.4 Å². The van der Waals surface area contributed by atoms with E-state index in [9.17, 15) is 28.8 Å². The summed E-state index contributed by atoms with van der Waals surface area (Å²) in [7, 11) is 0. The van der Waals surface area contributed by atoms with Gasteiger partial charge in [-0.1, -0.05) is 36.4 Å². The third kappa shape index (κ3) is 11.9. The Morgan fingerprint density at radius 3 is 2.22 bits per heavy atom. The molecule has 3 N–H and O–H groups in total. The van der Waals surface area contributed by atoms with Crippen LogP contribution in [0.4, 0.5) is 4.39 Å². The van der Waals surface area contributed by atoms with Crippen LogP contribution in [0.2, 0.25) is 0 Å². The molecular weight excluding hydrogens is 880 g/mol. The first-order valence-electron chi connectivity index (χ1n) is 24.9. The van der Waals surface area contributed by atoms with Crippen molar-refractivity contribution in [3.05, 3.63) is 111 Å². The average molecular weight is 945 g/mol. The highest BCUT2D eigenvalue weighted by Gasteiger charge is 2.32. The molecule has 1 aliphatic carbocycles. The number of fused-ring (bicyclic) bond motifs is 1. The normalized spacial score (nSPS) is 20.2. The van der Waals surface area contributed by atoms with Crippen LogP contribution in [0.25, 0.3) is 10.8 Å². The van der Waals surface area contributed by atoms with Gasteiger partial charge in [0.1, 0.15) is 11.9 Å². The van der Waals surface area contributed by atoms with Gasteiger partial charge in [-0.2, -0.15) is 5.10 Å². The number of H-pyrrole nitrogens is 1. The molecule has 1 saturated carbocycles. The number of halogens is 1. The van der Waals surface area contributed by atoms with E-state index in [2.05, 4.69) is 30.6 Å². The smallest absolute Gasteiger partial charge is 0.272 e. The average Bonchev–Trinajstić information content (AvgIpc) is 4.22. The lowest BCUT2D eigenvalue weighted by Crippen LogP contribution is -2.55. The van der Waals surface area contributed by atoms with Crippen molar-refractivity contribution in [2.45, 2.75) is 69.9 Å². The summed E-state index contributed by atoms with van der Waals surface area (Å²) in [6.45, 7) is 10.6. The number of carbonyl (C=O) groups is 5. The van der Waals surface area contributed by atoms with Gasteiger partial charge in [0.2, 0.25) is 17.7 Å². The lowest BCUT2D eigenvalue weighted by Gasteiger charge is -2.40. The number of amides is 5. The van der Waals surface area contributed by atoms with Gasteiger partial charge in [-0.3, -0.25) is 38.6 Å². The highest BCUT2D eigenvalue weighted by Crippen LogP contribution is 2.28. The van der Waals surface area contributed by atoms with Crippen LogP contribution in [0.15, 0.2) is 71.5 Å². The summed E-state index contributed by atoms with van der Waals surface area (Å²) >= 11 is 0. The molecule has 5 heterocycles. The maximum absolute atomic E-state index is 15.1. The first-order chi connectivity index (χ1) is 33.4. The molecule has 2 atom stereocenters. The molecule has 1 aromatic heterocycles. The quantitative estimate of drug-likeness (QED) is 0.171. The van der Waals surface area contributed by atoms with Gasteiger partial charge in [-0.25, -0.2) is 9.49 Å². The molecule has 9 rings (SSSR count). The topological polar surface area (TPSA) is 175 Å². The summed E-state index contributed by atoms with van der Waals surface area (Å²) in [5.74, 6) is -0.554. The van der Waals surface area contributed by atoms with E-state index in [0.29, 0.717) is 105 Å². The fourth-order valence-corrected chi connectivity index (χ4v) is 10.5. The van der Waals surface area contributed by atoms with Gasteiger partial charge < -0.3 is 30.2 Å². The van der Waals surface area contributed by atoms with Gasteiger partial charge in [0.15, 0.2) is 0 Å². The Hall–Kier alpha value is -6.04. The number of piperazine rings is 2. The van der Waals surface area contributed by atoms with Crippen molar-refractivity contribution in [1.82, 2.24) is 50.2 Å². The Morgan fingerprint density at radius 1 is 0.739 bits per heavy atom. The molecule has 0 bridgehead atoms. The Kier molecular flexibility index (Phi) is 15.1. The number of piperidine rings is 2. The maximum atomic E-state index is 15.1. The first kappa shape index (κ1) is 48.0. The number of rotatable bonds is 14. The molecule has 5 amide bonds. The van der Waals surface area contributed by atoms with E-state index in [4.69, 9.17) is 0 Å². The Labute approximate surface area is 402 Å². The minimum atomic E-state index is -0.665. The molecule has 0 radical (unpaired) electrons. The number of hydrogen-bond acceptors (Lipinski definition) is 10. The van der Waals surface area contributed by atoms with Gasteiger partial charge in [0.05, 0.1) is 29.7 Å². The summed E-state index contributed by atoms with van der Waals surface area (Å²) in [6, 6.07) is 19.1. The molecule has 366 valence electrons. The van der Waals surface area contributed by atoms with Crippen LogP contribution in [0.3, 0.4) is 0 Å². The molecule has 17 heteroatoms. The molecule has 0 spiro atoms. The van der Waals surface area contributed by atoms with Crippen molar-refractivity contribution in [2.24, 2.45) is 5.92 Å². The molecule has 5 aliphatic rings. The number of likely N-dealkylation sites (tertiary alicyclic amines) is 2. The number of aromatic nitrogens is 2. The van der Waals surface area contributed by atoms with Crippen molar-refractivity contribution in [3.8, 4) is 0 Å². The third-order valence-electron chi connectivity index (χ3n) is 14.8. The predicted octanol–water partition coefficient (Wildman–Crippen LogP) is 3.07. The van der Waals surface area contributed by atoms with E-state index in [0.717, 1.165) is 83.4 Å². The second-order valence-electron chi connectivity index (χ2n) is 19.7. The van der Waals surface area contributed by atoms with Gasteiger partial charge >= 0.3 is 0 Å². The Balaban J connectivity index is 0.666. The summed E-state index contributed by atoms with van der Waals surface area (Å²) in [6.07, 6.45) is 6.44. The summed E-state index contributed by atoms with van der Waals surface area (Å²) in [5.41, 5.74) is 2.57. The van der Waals surface area contributed by atoms with E-state index in [1.165, 1.54) is 6.07 Å². The molecule has 69 heavy (non-hydrogen) atoms. The van der Waals surface area contributed by atoms with Crippen molar-refractivity contribution >= 4 is 40.3 Å². The van der Waals surface area contributed by atoms with Crippen LogP contribution in [-0.4, -0.2) is 179 Å². The zero-order valence-electron chi connectivity index (χ0n) is 39.7. The van der Waals surface area contributed by atoms with E-state index in [1.807, 2.05) is 40.1 Å². The van der Waals surface area contributed by atoms with Gasteiger partial charge in [-0.15, -0.1) is 0 Å². The fourth-order valence-electron chi connectivity index (χ4n) is 10.5. The highest BCUT2D eigenvalue weighted by atomic mass is 19.1. The number of nitrogens with zero attached hydrogens (tertiary/aromatic N) is 7. The molecule has 16 nitrogen and oxygen atoms in total. The van der Waals surface area contributed by atoms with Crippen LogP contribution in [-0.2, 0) is 20.8 Å². The van der Waals surface area contributed by atoms with Crippen LogP contribution in [0.5, 0.6) is 0 Å². The van der Waals surface area contributed by atoms with Crippen LogP contribution in [0.1, 0.15) is 88.9 Å². The maximum Gasteiger partial charge on any atom is 0.272 e. The fraction of sp³-hybridized carbons (Fsp3) is 0.519. The summed E-state index contributed by atoms with van der Waals surface area (Å²) < 4.78 is 15.1. The number of aromatic amines is 1. The standard InChI is InChI=1S/C52H65FN10O6/c1-35(55-49(66)39-7-4-6-38(30-39)40-8-5-17-63(33-40)47(64)31-54-41-12-13-41)51(68)61-22-20-59(21-23-61)32-36-15-18-58(19-16-36)34-48(65)60-24-26-62(27-25-60)52(69)44-28-37(11-14-45(44)53)29-46-42-9-2-3-10-43(42)50(67)57-56-46/h2-4,6-7,9-11,14,28,30,35-36,40-41,54H,5,8,12-13,15-27,29,31-34H2,1H3,(H,55,66)(H,57,67)/t35-,40?/m1/s1. The van der Waals surface area contributed by atoms with Crippen LogP contribution in [0, 0.1) is 11.7 Å².